The lowest BCUT2D eigenvalue weighted by molar-refractivity contribution is 0.0737. The number of aromatic nitrogens is 1. The molecule has 1 atom stereocenters. The minimum atomic E-state index is 0.0227. The maximum atomic E-state index is 12.8. The number of furan rings is 1. The van der Waals surface area contributed by atoms with Crippen LogP contribution in [0.4, 0.5) is 0 Å². The molecular formula is C21H22N2O3. The third-order valence-electron chi connectivity index (χ3n) is 4.83. The van der Waals surface area contributed by atoms with E-state index in [0.717, 1.165) is 23.1 Å². The molecule has 0 aliphatic carbocycles. The number of ether oxygens (including phenoxy) is 1. The summed E-state index contributed by atoms with van der Waals surface area (Å²) in [5.74, 6) is 0.279. The molecule has 5 heteroatoms. The lowest BCUT2D eigenvalue weighted by Crippen LogP contribution is -2.36. The van der Waals surface area contributed by atoms with Crippen LogP contribution in [0.15, 0.2) is 53.3 Å². The normalized spacial score (nSPS) is 18.0. The molecule has 0 spiro atoms. The molecule has 0 radical (unpaired) electrons. The molecule has 1 aliphatic rings. The highest BCUT2D eigenvalue weighted by Gasteiger charge is 2.24. The number of rotatable bonds is 3. The van der Waals surface area contributed by atoms with Gasteiger partial charge in [0.2, 0.25) is 0 Å². The molecule has 1 fully saturated rings. The maximum Gasteiger partial charge on any atom is 0.255 e. The van der Waals surface area contributed by atoms with Gasteiger partial charge in [-0.05, 0) is 43.2 Å². The predicted octanol–water partition coefficient (Wildman–Crippen LogP) is 3.47. The quantitative estimate of drug-likeness (QED) is 0.726. The van der Waals surface area contributed by atoms with E-state index in [9.17, 15) is 4.79 Å². The van der Waals surface area contributed by atoms with E-state index in [4.69, 9.17) is 9.15 Å². The molecule has 134 valence electrons. The van der Waals surface area contributed by atoms with Gasteiger partial charge in [-0.3, -0.25) is 9.78 Å². The van der Waals surface area contributed by atoms with Crippen molar-refractivity contribution in [3.05, 3.63) is 65.7 Å². The van der Waals surface area contributed by atoms with E-state index in [2.05, 4.69) is 23.2 Å². The summed E-state index contributed by atoms with van der Waals surface area (Å²) in [7, 11) is 0. The predicted molar refractivity (Wildman–Crippen MR) is 99.1 cm³/mol. The second-order valence-corrected chi connectivity index (χ2v) is 6.88. The van der Waals surface area contributed by atoms with Crippen molar-refractivity contribution in [1.29, 1.82) is 0 Å². The van der Waals surface area contributed by atoms with Crippen LogP contribution >= 0.6 is 0 Å². The number of pyridine rings is 1. The molecule has 0 bridgehead atoms. The number of amides is 1. The third kappa shape index (κ3) is 3.63. The van der Waals surface area contributed by atoms with Crippen LogP contribution in [0.2, 0.25) is 0 Å². The number of nitrogens with zero attached hydrogens (tertiary/aromatic N) is 2. The Morgan fingerprint density at radius 2 is 2.19 bits per heavy atom. The van der Waals surface area contributed by atoms with Crippen LogP contribution in [-0.4, -0.2) is 42.1 Å². The SMILES string of the molecule is Cc1ccc(C(=O)N2CCOC[C@H](Cc3ccc4ccoc4c3)C2)cn1. The molecule has 4 rings (SSSR count). The van der Waals surface area contributed by atoms with E-state index in [1.807, 2.05) is 30.0 Å². The van der Waals surface area contributed by atoms with Gasteiger partial charge in [0.15, 0.2) is 0 Å². The van der Waals surface area contributed by atoms with Crippen molar-refractivity contribution in [2.45, 2.75) is 13.3 Å². The number of carbonyl (C=O) groups excluding carboxylic acids is 1. The van der Waals surface area contributed by atoms with Crippen LogP contribution in [-0.2, 0) is 11.2 Å². The number of fused-ring (bicyclic) bond motifs is 1. The number of aryl methyl sites for hydroxylation is 1. The van der Waals surface area contributed by atoms with Crippen molar-refractivity contribution < 1.29 is 13.9 Å². The lowest BCUT2D eigenvalue weighted by Gasteiger charge is -2.23. The Balaban J connectivity index is 1.48. The molecule has 0 N–H and O–H groups in total. The van der Waals surface area contributed by atoms with Crippen LogP contribution in [0.25, 0.3) is 11.0 Å². The Kier molecular flexibility index (Phi) is 4.71. The van der Waals surface area contributed by atoms with Gasteiger partial charge in [-0.1, -0.05) is 12.1 Å². The zero-order valence-electron chi connectivity index (χ0n) is 14.9. The van der Waals surface area contributed by atoms with Gasteiger partial charge < -0.3 is 14.1 Å². The zero-order chi connectivity index (χ0) is 17.9. The molecule has 0 unspecified atom stereocenters. The summed E-state index contributed by atoms with van der Waals surface area (Å²) in [5, 5.41) is 1.11. The van der Waals surface area contributed by atoms with E-state index in [-0.39, 0.29) is 11.8 Å². The van der Waals surface area contributed by atoms with Gasteiger partial charge >= 0.3 is 0 Å². The van der Waals surface area contributed by atoms with Crippen LogP contribution < -0.4 is 0 Å². The fourth-order valence-electron chi connectivity index (χ4n) is 3.42. The number of benzene rings is 1. The van der Waals surface area contributed by atoms with Crippen LogP contribution in [0, 0.1) is 12.8 Å². The third-order valence-corrected chi connectivity index (χ3v) is 4.83. The smallest absolute Gasteiger partial charge is 0.255 e. The van der Waals surface area contributed by atoms with Crippen molar-refractivity contribution in [3.63, 3.8) is 0 Å². The summed E-state index contributed by atoms with van der Waals surface area (Å²) in [6, 6.07) is 12.0. The van der Waals surface area contributed by atoms with Crippen LogP contribution in [0.3, 0.4) is 0 Å². The topological polar surface area (TPSA) is 55.6 Å². The van der Waals surface area contributed by atoms with Crippen molar-refractivity contribution in [2.75, 3.05) is 26.3 Å². The van der Waals surface area contributed by atoms with Gasteiger partial charge in [0.05, 0.1) is 25.0 Å². The maximum absolute atomic E-state index is 12.8. The molecule has 1 amide bonds. The summed E-state index contributed by atoms with van der Waals surface area (Å²) < 4.78 is 11.3. The van der Waals surface area contributed by atoms with Gasteiger partial charge in [0.1, 0.15) is 5.58 Å². The first kappa shape index (κ1) is 16.8. The van der Waals surface area contributed by atoms with E-state index in [1.54, 1.807) is 12.5 Å². The monoisotopic (exact) mass is 350 g/mol. The fourth-order valence-corrected chi connectivity index (χ4v) is 3.42. The van der Waals surface area contributed by atoms with Crippen molar-refractivity contribution in [1.82, 2.24) is 9.88 Å². The first-order valence-corrected chi connectivity index (χ1v) is 8.95. The summed E-state index contributed by atoms with van der Waals surface area (Å²) in [6.45, 7) is 4.44. The highest BCUT2D eigenvalue weighted by molar-refractivity contribution is 5.94. The number of hydrogen-bond acceptors (Lipinski definition) is 4. The molecule has 1 aliphatic heterocycles. The molecule has 3 heterocycles. The second-order valence-electron chi connectivity index (χ2n) is 6.88. The Bertz CT molecular complexity index is 901. The average molecular weight is 350 g/mol. The molecule has 1 saturated heterocycles. The van der Waals surface area contributed by atoms with E-state index in [1.165, 1.54) is 5.56 Å². The van der Waals surface area contributed by atoms with Crippen molar-refractivity contribution in [2.24, 2.45) is 5.92 Å². The molecule has 26 heavy (non-hydrogen) atoms. The van der Waals surface area contributed by atoms with Gasteiger partial charge in [0, 0.05) is 36.3 Å². The summed E-state index contributed by atoms with van der Waals surface area (Å²) in [4.78, 5) is 18.9. The van der Waals surface area contributed by atoms with Gasteiger partial charge in [-0.25, -0.2) is 0 Å². The Labute approximate surface area is 152 Å². The highest BCUT2D eigenvalue weighted by Crippen LogP contribution is 2.21. The van der Waals surface area contributed by atoms with E-state index >= 15 is 0 Å². The standard InChI is InChI=1S/C21H22N2O3/c1-15-2-4-19(12-22-15)21(24)23-7-9-25-14-17(13-23)10-16-3-5-18-6-8-26-20(18)11-16/h2-6,8,11-12,17H,7,9-10,13-14H2,1H3/t17-/m1/s1. The minimum absolute atomic E-state index is 0.0227. The summed E-state index contributed by atoms with van der Waals surface area (Å²) >= 11 is 0. The Hall–Kier alpha value is -2.66. The first-order valence-electron chi connectivity index (χ1n) is 8.95. The molecule has 2 aromatic heterocycles. The van der Waals surface area contributed by atoms with E-state index in [0.29, 0.717) is 31.9 Å². The second kappa shape index (κ2) is 7.30. The van der Waals surface area contributed by atoms with Crippen molar-refractivity contribution in [3.8, 4) is 0 Å². The molecule has 5 nitrogen and oxygen atoms in total. The average Bonchev–Trinajstić information content (AvgIpc) is 2.99. The molecular weight excluding hydrogens is 328 g/mol. The van der Waals surface area contributed by atoms with Crippen LogP contribution in [0.1, 0.15) is 21.6 Å². The van der Waals surface area contributed by atoms with Crippen LogP contribution in [0.5, 0.6) is 0 Å². The highest BCUT2D eigenvalue weighted by atomic mass is 16.5. The number of hydrogen-bond donors (Lipinski definition) is 0. The number of carbonyl (C=O) groups is 1. The first-order chi connectivity index (χ1) is 12.7. The Morgan fingerprint density at radius 1 is 1.27 bits per heavy atom. The largest absolute Gasteiger partial charge is 0.464 e. The van der Waals surface area contributed by atoms with E-state index < -0.39 is 0 Å². The van der Waals surface area contributed by atoms with Gasteiger partial charge in [0.25, 0.3) is 5.91 Å². The summed E-state index contributed by atoms with van der Waals surface area (Å²) in [6.07, 6.45) is 4.22. The molecule has 1 aromatic carbocycles. The zero-order valence-corrected chi connectivity index (χ0v) is 14.9. The van der Waals surface area contributed by atoms with Gasteiger partial charge in [-0.2, -0.15) is 0 Å². The fraction of sp³-hybridized carbons (Fsp3) is 0.333. The molecule has 0 saturated carbocycles. The lowest BCUT2D eigenvalue weighted by atomic mass is 9.98. The Morgan fingerprint density at radius 3 is 3.04 bits per heavy atom. The van der Waals surface area contributed by atoms with Gasteiger partial charge in [-0.15, -0.1) is 0 Å². The summed E-state index contributed by atoms with van der Waals surface area (Å²) in [5.41, 5.74) is 3.64. The minimum Gasteiger partial charge on any atom is -0.464 e. The van der Waals surface area contributed by atoms with Crippen molar-refractivity contribution >= 4 is 16.9 Å². The molecule has 3 aromatic rings.